The van der Waals surface area contributed by atoms with Crippen molar-refractivity contribution in [2.24, 2.45) is 11.8 Å². The van der Waals surface area contributed by atoms with Crippen LogP contribution in [0.1, 0.15) is 65.4 Å². The second-order valence-electron chi connectivity index (χ2n) is 8.30. The fourth-order valence-corrected chi connectivity index (χ4v) is 4.33. The lowest BCUT2D eigenvalue weighted by molar-refractivity contribution is 0.295. The molecule has 0 bridgehead atoms. The summed E-state index contributed by atoms with van der Waals surface area (Å²) in [4.78, 5) is 0. The van der Waals surface area contributed by atoms with Gasteiger partial charge in [0.15, 0.2) is 0 Å². The lowest BCUT2D eigenvalue weighted by Crippen LogP contribution is -2.37. The van der Waals surface area contributed by atoms with Crippen LogP contribution in [0.25, 0.3) is 0 Å². The Morgan fingerprint density at radius 2 is 1.61 bits per heavy atom. The Labute approximate surface area is 202 Å². The van der Waals surface area contributed by atoms with Gasteiger partial charge < -0.3 is 10.1 Å². The predicted molar refractivity (Wildman–Crippen MR) is 144 cm³/mol. The van der Waals surface area contributed by atoms with E-state index in [0.717, 1.165) is 30.4 Å². The maximum absolute atomic E-state index is 4.56. The minimum atomic E-state index is 0.419. The van der Waals surface area contributed by atoms with Crippen molar-refractivity contribution in [1.29, 1.82) is 0 Å². The Morgan fingerprint density at radius 3 is 2.24 bits per heavy atom. The van der Waals surface area contributed by atoms with Crippen molar-refractivity contribution in [2.75, 3.05) is 7.11 Å². The van der Waals surface area contributed by atoms with Crippen molar-refractivity contribution in [2.45, 2.75) is 65.8 Å². The van der Waals surface area contributed by atoms with Crippen LogP contribution in [0.15, 0.2) is 102 Å². The molecule has 2 heteroatoms. The van der Waals surface area contributed by atoms with E-state index in [-0.39, 0.29) is 0 Å². The van der Waals surface area contributed by atoms with Gasteiger partial charge in [0.05, 0.1) is 18.9 Å². The van der Waals surface area contributed by atoms with Crippen LogP contribution in [0.5, 0.6) is 0 Å². The summed E-state index contributed by atoms with van der Waals surface area (Å²) < 4.78 is 4.56. The Bertz CT molecular complexity index is 900. The predicted octanol–water partition coefficient (Wildman–Crippen LogP) is 8.25. The number of hydrogen-bond donors (Lipinski definition) is 1. The molecule has 0 saturated heterocycles. The van der Waals surface area contributed by atoms with Crippen LogP contribution in [-0.4, -0.2) is 13.2 Å². The number of benzene rings is 1. The first-order chi connectivity index (χ1) is 16.2. The molecule has 1 heterocycles. The van der Waals surface area contributed by atoms with E-state index in [1.54, 1.807) is 14.0 Å². The molecule has 4 aliphatic rings. The number of hydrogen-bond acceptors (Lipinski definition) is 2. The standard InChI is InChI=1S/C23H23N.C4H8O.2C2H6/c1-3-7-16(8-4-1)21-15-23(18-12-11-17-13-19(17)14-18)24-22-10-6-2-5-9-20(21)22;1-4(2)5-3;2*1-2/h1,3-12,14,17,19,21,23-24H,2,13,15H2;1H2,2-3H3;2*1-2H3. The van der Waals surface area contributed by atoms with Crippen molar-refractivity contribution >= 4 is 0 Å². The second kappa shape index (κ2) is 13.7. The fraction of sp³-hybridized carbons (Fsp3) is 0.419. The first-order valence-electron chi connectivity index (χ1n) is 12.6. The molecule has 3 aliphatic carbocycles. The molecule has 0 radical (unpaired) electrons. The number of nitrogens with one attached hydrogen (secondary N) is 1. The van der Waals surface area contributed by atoms with E-state index in [2.05, 4.69) is 89.5 Å². The van der Waals surface area contributed by atoms with Crippen LogP contribution >= 0.6 is 0 Å². The van der Waals surface area contributed by atoms with Gasteiger partial charge in [-0.2, -0.15) is 0 Å². The van der Waals surface area contributed by atoms with Crippen LogP contribution in [-0.2, 0) is 4.74 Å². The third kappa shape index (κ3) is 7.39. The molecule has 1 aliphatic heterocycles. The monoisotopic (exact) mass is 445 g/mol. The molecule has 1 fully saturated rings. The highest BCUT2D eigenvalue weighted by Crippen LogP contribution is 2.46. The largest absolute Gasteiger partial charge is 0.502 e. The molecule has 33 heavy (non-hydrogen) atoms. The number of ether oxygens (including phenoxy) is 1. The van der Waals surface area contributed by atoms with Gasteiger partial charge in [-0.05, 0) is 60.8 Å². The summed E-state index contributed by atoms with van der Waals surface area (Å²) in [7, 11) is 1.60. The summed E-state index contributed by atoms with van der Waals surface area (Å²) in [5.41, 5.74) is 5.67. The number of rotatable bonds is 3. The Morgan fingerprint density at radius 1 is 0.939 bits per heavy atom. The highest BCUT2D eigenvalue weighted by Gasteiger charge is 2.37. The molecular formula is C31H43NO. The summed E-state index contributed by atoms with van der Waals surface area (Å²) in [5.74, 6) is 2.86. The van der Waals surface area contributed by atoms with E-state index < -0.39 is 0 Å². The van der Waals surface area contributed by atoms with Crippen LogP contribution in [0, 0.1) is 11.8 Å². The van der Waals surface area contributed by atoms with E-state index in [9.17, 15) is 0 Å². The Balaban J connectivity index is 0.000000376. The zero-order valence-electron chi connectivity index (χ0n) is 21.5. The van der Waals surface area contributed by atoms with E-state index in [4.69, 9.17) is 0 Å². The minimum absolute atomic E-state index is 0.419. The lowest BCUT2D eigenvalue weighted by Gasteiger charge is -2.35. The van der Waals surface area contributed by atoms with E-state index in [1.165, 1.54) is 28.8 Å². The SMILES string of the molecule is C1=CC2=C(C=CC1)C(c1ccccc1)CC(C1=CC3CC3C=C1)N2.C=C(C)OC.CC.CC. The van der Waals surface area contributed by atoms with Crippen molar-refractivity contribution in [3.8, 4) is 0 Å². The summed E-state index contributed by atoms with van der Waals surface area (Å²) in [6.07, 6.45) is 20.0. The highest BCUT2D eigenvalue weighted by atomic mass is 16.5. The van der Waals surface area contributed by atoms with E-state index in [0.29, 0.717) is 12.0 Å². The van der Waals surface area contributed by atoms with Crippen molar-refractivity contribution in [3.05, 3.63) is 108 Å². The van der Waals surface area contributed by atoms with Gasteiger partial charge in [0, 0.05) is 11.6 Å². The first kappa shape index (κ1) is 26.5. The molecule has 0 aromatic heterocycles. The normalized spacial score (nSPS) is 25.6. The number of methoxy groups -OCH3 is 1. The molecule has 0 amide bonds. The average Bonchev–Trinajstić information content (AvgIpc) is 3.69. The van der Waals surface area contributed by atoms with E-state index >= 15 is 0 Å². The molecule has 1 aromatic carbocycles. The quantitative estimate of drug-likeness (QED) is 0.473. The molecule has 5 rings (SSSR count). The van der Waals surface area contributed by atoms with Gasteiger partial charge in [0.2, 0.25) is 0 Å². The Hall–Kier alpha value is -2.74. The van der Waals surface area contributed by atoms with Crippen LogP contribution < -0.4 is 5.32 Å². The van der Waals surface area contributed by atoms with Gasteiger partial charge in [-0.1, -0.05) is 101 Å². The van der Waals surface area contributed by atoms with Crippen LogP contribution in [0.4, 0.5) is 0 Å². The zero-order valence-corrected chi connectivity index (χ0v) is 21.5. The van der Waals surface area contributed by atoms with Gasteiger partial charge in [0.25, 0.3) is 0 Å². The fourth-order valence-electron chi connectivity index (χ4n) is 4.33. The molecule has 4 unspecified atom stereocenters. The molecule has 4 atom stereocenters. The second-order valence-corrected chi connectivity index (χ2v) is 8.30. The molecule has 178 valence electrons. The topological polar surface area (TPSA) is 21.3 Å². The maximum Gasteiger partial charge on any atom is 0.0853 e. The summed E-state index contributed by atoms with van der Waals surface area (Å²) in [5, 5.41) is 3.83. The molecular weight excluding hydrogens is 402 g/mol. The smallest absolute Gasteiger partial charge is 0.0853 e. The van der Waals surface area contributed by atoms with Crippen molar-refractivity contribution < 1.29 is 4.74 Å². The highest BCUT2D eigenvalue weighted by molar-refractivity contribution is 5.48. The summed E-state index contributed by atoms with van der Waals surface area (Å²) in [6, 6.07) is 11.4. The Kier molecular flexibility index (Phi) is 11.0. The molecule has 0 spiro atoms. The van der Waals surface area contributed by atoms with Crippen molar-refractivity contribution in [3.63, 3.8) is 0 Å². The lowest BCUT2D eigenvalue weighted by atomic mass is 9.79. The molecule has 1 N–H and O–H groups in total. The van der Waals surface area contributed by atoms with Gasteiger partial charge in [0.1, 0.15) is 0 Å². The number of fused-ring (bicyclic) bond motifs is 1. The van der Waals surface area contributed by atoms with Gasteiger partial charge in [-0.3, -0.25) is 0 Å². The third-order valence-electron chi connectivity index (χ3n) is 6.13. The summed E-state index contributed by atoms with van der Waals surface area (Å²) in [6.45, 7) is 13.3. The molecule has 1 aromatic rings. The first-order valence-corrected chi connectivity index (χ1v) is 12.6. The van der Waals surface area contributed by atoms with Crippen molar-refractivity contribution in [1.82, 2.24) is 5.32 Å². The summed E-state index contributed by atoms with van der Waals surface area (Å²) >= 11 is 0. The zero-order chi connectivity index (χ0) is 24.2. The minimum Gasteiger partial charge on any atom is -0.502 e. The van der Waals surface area contributed by atoms with Crippen LogP contribution in [0.3, 0.4) is 0 Å². The van der Waals surface area contributed by atoms with Crippen LogP contribution in [0.2, 0.25) is 0 Å². The van der Waals surface area contributed by atoms with E-state index in [1.807, 2.05) is 27.7 Å². The molecule has 2 nitrogen and oxygen atoms in total. The van der Waals surface area contributed by atoms with Gasteiger partial charge in [-0.15, -0.1) is 0 Å². The maximum atomic E-state index is 4.56. The van der Waals surface area contributed by atoms with Gasteiger partial charge in [-0.25, -0.2) is 0 Å². The third-order valence-corrected chi connectivity index (χ3v) is 6.13. The molecule has 1 saturated carbocycles. The van der Waals surface area contributed by atoms with Gasteiger partial charge >= 0.3 is 0 Å². The number of allylic oxidation sites excluding steroid dienone is 8. The average molecular weight is 446 g/mol.